The van der Waals surface area contributed by atoms with E-state index in [1.54, 1.807) is 6.07 Å². The number of hydrogen-bond donors (Lipinski definition) is 1. The van der Waals surface area contributed by atoms with Crippen LogP contribution >= 0.6 is 0 Å². The van der Waals surface area contributed by atoms with E-state index >= 15 is 0 Å². The third kappa shape index (κ3) is 5.38. The summed E-state index contributed by atoms with van der Waals surface area (Å²) in [5.74, 6) is 1.40. The van der Waals surface area contributed by atoms with E-state index in [9.17, 15) is 4.79 Å². The van der Waals surface area contributed by atoms with E-state index in [-0.39, 0.29) is 6.10 Å². The van der Waals surface area contributed by atoms with Gasteiger partial charge >= 0.3 is 6.09 Å². The highest BCUT2D eigenvalue weighted by atomic mass is 16.6. The second kappa shape index (κ2) is 9.28. The molecule has 1 aliphatic carbocycles. The number of anilines is 1. The van der Waals surface area contributed by atoms with Crippen LogP contribution in [0.2, 0.25) is 0 Å². The van der Waals surface area contributed by atoms with E-state index in [1.807, 2.05) is 54.6 Å². The molecule has 0 bridgehead atoms. The quantitative estimate of drug-likeness (QED) is 0.511. The third-order valence-electron chi connectivity index (χ3n) is 5.08. The normalized spacial score (nSPS) is 14.2. The summed E-state index contributed by atoms with van der Waals surface area (Å²) in [4.78, 5) is 12.2. The molecule has 3 aromatic rings. The number of ether oxygens (including phenoxy) is 2. The van der Waals surface area contributed by atoms with Crippen molar-refractivity contribution in [3.05, 3.63) is 78.9 Å². The lowest BCUT2D eigenvalue weighted by Crippen LogP contribution is -2.24. The van der Waals surface area contributed by atoms with Crippen molar-refractivity contribution in [2.75, 3.05) is 5.32 Å². The summed E-state index contributed by atoms with van der Waals surface area (Å²) in [6.07, 6.45) is 5.02. The Morgan fingerprint density at radius 1 is 0.759 bits per heavy atom. The average molecular weight is 387 g/mol. The molecule has 0 aromatic heterocycles. The van der Waals surface area contributed by atoms with Crippen molar-refractivity contribution in [2.45, 2.75) is 38.2 Å². The highest BCUT2D eigenvalue weighted by molar-refractivity contribution is 5.85. The number of hydrogen-bond acceptors (Lipinski definition) is 3. The summed E-state index contributed by atoms with van der Waals surface area (Å²) in [6.45, 7) is 0. The summed E-state index contributed by atoms with van der Waals surface area (Å²) >= 11 is 0. The zero-order valence-electron chi connectivity index (χ0n) is 16.3. The van der Waals surface area contributed by atoms with Crippen LogP contribution in [0.4, 0.5) is 10.5 Å². The predicted molar refractivity (Wildman–Crippen MR) is 115 cm³/mol. The summed E-state index contributed by atoms with van der Waals surface area (Å²) in [7, 11) is 0. The van der Waals surface area contributed by atoms with Gasteiger partial charge in [0.25, 0.3) is 0 Å². The van der Waals surface area contributed by atoms with Gasteiger partial charge in [-0.05, 0) is 61.1 Å². The summed E-state index contributed by atoms with van der Waals surface area (Å²) in [6, 6.07) is 25.5. The van der Waals surface area contributed by atoms with Crippen molar-refractivity contribution in [1.29, 1.82) is 0 Å². The van der Waals surface area contributed by atoms with Crippen molar-refractivity contribution in [2.24, 2.45) is 0 Å². The van der Waals surface area contributed by atoms with Crippen LogP contribution in [-0.4, -0.2) is 12.2 Å². The highest BCUT2D eigenvalue weighted by Gasteiger charge is 2.17. The van der Waals surface area contributed by atoms with Crippen LogP contribution in [-0.2, 0) is 4.74 Å². The topological polar surface area (TPSA) is 47.6 Å². The Bertz CT molecular complexity index is 949. The third-order valence-corrected chi connectivity index (χ3v) is 5.08. The van der Waals surface area contributed by atoms with E-state index < -0.39 is 6.09 Å². The summed E-state index contributed by atoms with van der Waals surface area (Å²) in [5.41, 5.74) is 2.88. The minimum atomic E-state index is -0.403. The molecule has 0 aliphatic heterocycles. The molecule has 29 heavy (non-hydrogen) atoms. The van der Waals surface area contributed by atoms with Gasteiger partial charge < -0.3 is 9.47 Å². The molecule has 0 saturated heterocycles. The van der Waals surface area contributed by atoms with Crippen molar-refractivity contribution in [1.82, 2.24) is 0 Å². The van der Waals surface area contributed by atoms with Gasteiger partial charge in [0.15, 0.2) is 0 Å². The van der Waals surface area contributed by atoms with Crippen molar-refractivity contribution >= 4 is 11.8 Å². The first-order valence-electron chi connectivity index (χ1n) is 10.2. The summed E-state index contributed by atoms with van der Waals surface area (Å²) < 4.78 is 11.5. The van der Waals surface area contributed by atoms with E-state index in [0.717, 1.165) is 42.6 Å². The summed E-state index contributed by atoms with van der Waals surface area (Å²) in [5, 5.41) is 2.81. The predicted octanol–water partition coefficient (Wildman–Crippen LogP) is 7.03. The largest absolute Gasteiger partial charge is 0.457 e. The molecule has 0 heterocycles. The molecule has 0 atom stereocenters. The Balaban J connectivity index is 1.40. The molecule has 1 saturated carbocycles. The van der Waals surface area contributed by atoms with Gasteiger partial charge in [0.2, 0.25) is 0 Å². The minimum Gasteiger partial charge on any atom is -0.457 e. The van der Waals surface area contributed by atoms with E-state index in [0.29, 0.717) is 11.4 Å². The van der Waals surface area contributed by atoms with Crippen molar-refractivity contribution in [3.63, 3.8) is 0 Å². The molecule has 3 aromatic carbocycles. The zero-order valence-corrected chi connectivity index (χ0v) is 16.3. The monoisotopic (exact) mass is 387 g/mol. The maximum absolute atomic E-state index is 12.2. The molecule has 148 valence electrons. The molecule has 4 nitrogen and oxygen atoms in total. The molecule has 1 amide bonds. The number of amides is 1. The fourth-order valence-electron chi connectivity index (χ4n) is 3.62. The Morgan fingerprint density at radius 3 is 2.24 bits per heavy atom. The first-order chi connectivity index (χ1) is 14.3. The molecule has 1 fully saturated rings. The van der Waals surface area contributed by atoms with Crippen LogP contribution in [0.5, 0.6) is 11.5 Å². The molecular weight excluding hydrogens is 362 g/mol. The van der Waals surface area contributed by atoms with Gasteiger partial charge in [0, 0.05) is 11.8 Å². The molecule has 1 aliphatic rings. The zero-order chi connectivity index (χ0) is 19.9. The lowest BCUT2D eigenvalue weighted by molar-refractivity contribution is 0.0865. The second-order valence-electron chi connectivity index (χ2n) is 7.31. The Kier molecular flexibility index (Phi) is 6.10. The number of benzene rings is 3. The Morgan fingerprint density at radius 2 is 1.45 bits per heavy atom. The smallest absolute Gasteiger partial charge is 0.411 e. The Hall–Kier alpha value is -3.27. The molecule has 0 radical (unpaired) electrons. The van der Waals surface area contributed by atoms with Crippen LogP contribution < -0.4 is 10.1 Å². The molecule has 4 rings (SSSR count). The van der Waals surface area contributed by atoms with Gasteiger partial charge in [-0.25, -0.2) is 4.79 Å². The average Bonchev–Trinajstić information content (AvgIpc) is 2.75. The van der Waals surface area contributed by atoms with Gasteiger partial charge in [-0.1, -0.05) is 55.0 Å². The first kappa shape index (κ1) is 19.1. The molecular formula is C25H25NO3. The van der Waals surface area contributed by atoms with Crippen molar-refractivity contribution in [3.8, 4) is 22.6 Å². The molecule has 4 heteroatoms. The van der Waals surface area contributed by atoms with Crippen LogP contribution in [0, 0.1) is 0 Å². The number of rotatable bonds is 5. The van der Waals surface area contributed by atoms with Gasteiger partial charge in [0.05, 0.1) is 0 Å². The highest BCUT2D eigenvalue weighted by Crippen LogP contribution is 2.29. The molecule has 0 spiro atoms. The standard InChI is InChI=1S/C25H25NO3/c27-25(29-22-13-5-2-6-14-22)26-21-12-8-16-24(18-21)28-23-15-7-11-20(17-23)19-9-3-1-4-10-19/h1,3-4,7-12,15-18,22H,2,5-6,13-14H2,(H,26,27). The number of carbonyl (C=O) groups is 1. The van der Waals surface area contributed by atoms with Crippen LogP contribution in [0.15, 0.2) is 78.9 Å². The Labute approximate surface area is 171 Å². The fourth-order valence-corrected chi connectivity index (χ4v) is 3.62. The second-order valence-corrected chi connectivity index (χ2v) is 7.31. The van der Waals surface area contributed by atoms with Gasteiger partial charge in [-0.3, -0.25) is 5.32 Å². The number of nitrogens with one attached hydrogen (secondary N) is 1. The maximum atomic E-state index is 12.2. The SMILES string of the molecule is O=C(Nc1cccc(Oc2cccc(-c3ccccc3)c2)c1)OC1CCCCC1. The minimum absolute atomic E-state index is 0.0314. The lowest BCUT2D eigenvalue weighted by Gasteiger charge is -2.21. The van der Waals surface area contributed by atoms with Crippen LogP contribution in [0.3, 0.4) is 0 Å². The molecule has 1 N–H and O–H groups in total. The lowest BCUT2D eigenvalue weighted by atomic mass is 9.98. The van der Waals surface area contributed by atoms with Crippen molar-refractivity contribution < 1.29 is 14.3 Å². The van der Waals surface area contributed by atoms with E-state index in [2.05, 4.69) is 23.5 Å². The van der Waals surface area contributed by atoms with Gasteiger partial charge in [-0.15, -0.1) is 0 Å². The maximum Gasteiger partial charge on any atom is 0.411 e. The first-order valence-corrected chi connectivity index (χ1v) is 10.2. The van der Waals surface area contributed by atoms with E-state index in [4.69, 9.17) is 9.47 Å². The van der Waals surface area contributed by atoms with Gasteiger partial charge in [0.1, 0.15) is 17.6 Å². The number of carbonyl (C=O) groups excluding carboxylic acids is 1. The fraction of sp³-hybridized carbons (Fsp3) is 0.240. The van der Waals surface area contributed by atoms with Crippen LogP contribution in [0.25, 0.3) is 11.1 Å². The molecule has 0 unspecified atom stereocenters. The van der Waals surface area contributed by atoms with Crippen LogP contribution in [0.1, 0.15) is 32.1 Å². The van der Waals surface area contributed by atoms with E-state index in [1.165, 1.54) is 6.42 Å². The van der Waals surface area contributed by atoms with Gasteiger partial charge in [-0.2, -0.15) is 0 Å².